The highest BCUT2D eigenvalue weighted by molar-refractivity contribution is 9.11. The summed E-state index contributed by atoms with van der Waals surface area (Å²) in [5, 5.41) is 4.21. The summed E-state index contributed by atoms with van der Waals surface area (Å²) in [5.41, 5.74) is 1.35. The largest absolute Gasteiger partial charge is 0.298 e. The van der Waals surface area contributed by atoms with Crippen LogP contribution in [0.15, 0.2) is 23.5 Å². The Balaban J connectivity index is 1.82. The van der Waals surface area contributed by atoms with Gasteiger partial charge in [-0.2, -0.15) is 5.10 Å². The van der Waals surface area contributed by atoms with Crippen LogP contribution >= 0.6 is 15.9 Å². The summed E-state index contributed by atoms with van der Waals surface area (Å²) in [4.78, 5) is 2.46. The van der Waals surface area contributed by atoms with Crippen LogP contribution in [0, 0.1) is 5.92 Å². The third kappa shape index (κ3) is 3.19. The minimum Gasteiger partial charge on any atom is -0.298 e. The third-order valence-electron chi connectivity index (χ3n) is 3.05. The number of nitrogens with zero attached hydrogens (tertiary/aromatic N) is 3. The number of halogens is 1. The molecule has 0 N–H and O–H groups in total. The molecule has 1 aliphatic heterocycles. The average molecular weight is 284 g/mol. The number of hydrogen-bond acceptors (Lipinski definition) is 2. The summed E-state index contributed by atoms with van der Waals surface area (Å²) in [6.45, 7) is 7.24. The quantitative estimate of drug-likeness (QED) is 0.845. The molecular weight excluding hydrogens is 266 g/mol. The molecule has 0 bridgehead atoms. The number of rotatable bonds is 4. The normalized spacial score (nSPS) is 21.5. The fourth-order valence-electron chi connectivity index (χ4n) is 2.38. The van der Waals surface area contributed by atoms with Crippen molar-refractivity contribution >= 4 is 15.9 Å². The summed E-state index contributed by atoms with van der Waals surface area (Å²) in [6, 6.07) is 0. The molecule has 1 atom stereocenters. The van der Waals surface area contributed by atoms with E-state index in [1.807, 2.05) is 17.9 Å². The van der Waals surface area contributed by atoms with Gasteiger partial charge in [0.25, 0.3) is 0 Å². The van der Waals surface area contributed by atoms with Crippen LogP contribution in [0.25, 0.3) is 0 Å². The lowest BCUT2D eigenvalue weighted by molar-refractivity contribution is 0.357. The first-order chi connectivity index (χ1) is 7.63. The van der Waals surface area contributed by atoms with E-state index in [1.165, 1.54) is 25.1 Å². The molecule has 0 amide bonds. The molecule has 4 heteroatoms. The van der Waals surface area contributed by atoms with E-state index >= 15 is 0 Å². The zero-order valence-corrected chi connectivity index (χ0v) is 11.3. The van der Waals surface area contributed by atoms with Gasteiger partial charge >= 0.3 is 0 Å². The van der Waals surface area contributed by atoms with Crippen molar-refractivity contribution in [1.29, 1.82) is 0 Å². The molecule has 0 saturated carbocycles. The van der Waals surface area contributed by atoms with Gasteiger partial charge in [0.15, 0.2) is 0 Å². The first-order valence-corrected chi connectivity index (χ1v) is 6.46. The second-order valence-corrected chi connectivity index (χ2v) is 5.75. The molecular formula is C12H18BrN3. The van der Waals surface area contributed by atoms with E-state index in [0.29, 0.717) is 0 Å². The van der Waals surface area contributed by atoms with E-state index in [-0.39, 0.29) is 0 Å². The van der Waals surface area contributed by atoms with E-state index < -0.39 is 0 Å². The summed E-state index contributed by atoms with van der Waals surface area (Å²) in [5.74, 6) is 0.774. The van der Waals surface area contributed by atoms with Gasteiger partial charge in [0.2, 0.25) is 0 Å². The van der Waals surface area contributed by atoms with Crippen LogP contribution in [0.4, 0.5) is 0 Å². The van der Waals surface area contributed by atoms with Crippen LogP contribution in [0.3, 0.4) is 0 Å². The molecule has 0 aromatic carbocycles. The molecule has 2 rings (SSSR count). The van der Waals surface area contributed by atoms with Gasteiger partial charge in [-0.1, -0.05) is 22.5 Å². The summed E-state index contributed by atoms with van der Waals surface area (Å²) >= 11 is 3.43. The highest BCUT2D eigenvalue weighted by Crippen LogP contribution is 2.21. The summed E-state index contributed by atoms with van der Waals surface area (Å²) in [7, 11) is 1.97. The lowest BCUT2D eigenvalue weighted by atomic mass is 10.0. The Morgan fingerprint density at radius 2 is 2.50 bits per heavy atom. The maximum atomic E-state index is 4.21. The molecule has 16 heavy (non-hydrogen) atoms. The Kier molecular flexibility index (Phi) is 3.82. The predicted molar refractivity (Wildman–Crippen MR) is 69.5 cm³/mol. The van der Waals surface area contributed by atoms with E-state index in [4.69, 9.17) is 0 Å². The molecule has 1 aliphatic rings. The van der Waals surface area contributed by atoms with Crippen LogP contribution < -0.4 is 0 Å². The Hall–Kier alpha value is -0.610. The smallest absolute Gasteiger partial charge is 0.0521 e. The highest BCUT2D eigenvalue weighted by atomic mass is 79.9. The predicted octanol–water partition coefficient (Wildman–Crippen LogP) is 2.19. The maximum Gasteiger partial charge on any atom is 0.0521 e. The second kappa shape index (κ2) is 5.15. The van der Waals surface area contributed by atoms with Crippen LogP contribution in [0.5, 0.6) is 0 Å². The van der Waals surface area contributed by atoms with Gasteiger partial charge in [-0.25, -0.2) is 0 Å². The molecule has 0 aliphatic carbocycles. The SMILES string of the molecule is C=C(Br)CN1CC[C@@H](Cc2cnn(C)c2)C1. The van der Waals surface area contributed by atoms with E-state index in [2.05, 4.69) is 38.7 Å². The van der Waals surface area contributed by atoms with E-state index in [9.17, 15) is 0 Å². The van der Waals surface area contributed by atoms with Gasteiger partial charge in [0.1, 0.15) is 0 Å². The Bertz CT molecular complexity index is 372. The first-order valence-electron chi connectivity index (χ1n) is 5.66. The zero-order chi connectivity index (χ0) is 11.5. The minimum absolute atomic E-state index is 0.774. The first kappa shape index (κ1) is 11.9. The molecule has 88 valence electrons. The standard InChI is InChI=1S/C12H18BrN3/c1-10(13)7-16-4-3-11(9-16)5-12-6-14-15(2)8-12/h6,8,11H,1,3-5,7,9H2,2H3/t11-/m0/s1. The van der Waals surface area contributed by atoms with E-state index in [1.54, 1.807) is 0 Å². The summed E-state index contributed by atoms with van der Waals surface area (Å²) < 4.78 is 2.96. The Morgan fingerprint density at radius 3 is 3.12 bits per heavy atom. The molecule has 1 aromatic heterocycles. The van der Waals surface area contributed by atoms with Crippen molar-refractivity contribution in [3.8, 4) is 0 Å². The highest BCUT2D eigenvalue weighted by Gasteiger charge is 2.22. The molecule has 1 saturated heterocycles. The van der Waals surface area contributed by atoms with Crippen molar-refractivity contribution in [2.24, 2.45) is 13.0 Å². The minimum atomic E-state index is 0.774. The Labute approximate surface area is 105 Å². The topological polar surface area (TPSA) is 21.1 Å². The van der Waals surface area contributed by atoms with Crippen LogP contribution in [0.1, 0.15) is 12.0 Å². The molecule has 0 radical (unpaired) electrons. The molecule has 3 nitrogen and oxygen atoms in total. The number of likely N-dealkylation sites (tertiary alicyclic amines) is 1. The molecule has 1 fully saturated rings. The van der Waals surface area contributed by atoms with Crippen LogP contribution in [0.2, 0.25) is 0 Å². The van der Waals surface area contributed by atoms with Crippen molar-refractivity contribution in [3.05, 3.63) is 29.0 Å². The number of hydrogen-bond donors (Lipinski definition) is 0. The van der Waals surface area contributed by atoms with Gasteiger partial charge in [0.05, 0.1) is 6.20 Å². The van der Waals surface area contributed by atoms with Crippen molar-refractivity contribution in [2.45, 2.75) is 12.8 Å². The average Bonchev–Trinajstić information content (AvgIpc) is 2.76. The van der Waals surface area contributed by atoms with E-state index in [0.717, 1.165) is 23.4 Å². The summed E-state index contributed by atoms with van der Waals surface area (Å²) in [6.07, 6.45) is 6.53. The molecule has 0 spiro atoms. The number of aryl methyl sites for hydroxylation is 1. The van der Waals surface area contributed by atoms with Gasteiger partial charge < -0.3 is 0 Å². The zero-order valence-electron chi connectivity index (χ0n) is 9.69. The molecule has 2 heterocycles. The molecule has 1 aromatic rings. The van der Waals surface area contributed by atoms with Gasteiger partial charge in [0, 0.05) is 30.8 Å². The van der Waals surface area contributed by atoms with Crippen molar-refractivity contribution in [1.82, 2.24) is 14.7 Å². The van der Waals surface area contributed by atoms with Crippen molar-refractivity contribution in [2.75, 3.05) is 19.6 Å². The third-order valence-corrected chi connectivity index (χ3v) is 3.30. The van der Waals surface area contributed by atoms with Gasteiger partial charge in [-0.15, -0.1) is 0 Å². The van der Waals surface area contributed by atoms with Crippen LogP contribution in [-0.4, -0.2) is 34.3 Å². The maximum absolute atomic E-state index is 4.21. The second-order valence-electron chi connectivity index (χ2n) is 4.63. The lowest BCUT2D eigenvalue weighted by Gasteiger charge is -2.14. The fraction of sp³-hybridized carbons (Fsp3) is 0.583. The van der Waals surface area contributed by atoms with Gasteiger partial charge in [-0.3, -0.25) is 9.58 Å². The van der Waals surface area contributed by atoms with Gasteiger partial charge in [-0.05, 0) is 30.9 Å². The van der Waals surface area contributed by atoms with Crippen molar-refractivity contribution in [3.63, 3.8) is 0 Å². The fourth-order valence-corrected chi connectivity index (χ4v) is 2.73. The monoisotopic (exact) mass is 283 g/mol. The van der Waals surface area contributed by atoms with Crippen molar-refractivity contribution < 1.29 is 0 Å². The Morgan fingerprint density at radius 1 is 1.69 bits per heavy atom. The van der Waals surface area contributed by atoms with Crippen LogP contribution in [-0.2, 0) is 13.5 Å². The number of aromatic nitrogens is 2. The molecule has 0 unspecified atom stereocenters. The lowest BCUT2D eigenvalue weighted by Crippen LogP contribution is -2.22.